The second kappa shape index (κ2) is 2.89. The first-order chi connectivity index (χ1) is 5.45. The summed E-state index contributed by atoms with van der Waals surface area (Å²) >= 11 is 0. The minimum atomic E-state index is -0.00926. The molecule has 12 heavy (non-hydrogen) atoms. The molecule has 0 heterocycles. The Hall–Kier alpha value is -0.850. The van der Waals surface area contributed by atoms with Crippen molar-refractivity contribution in [1.29, 1.82) is 0 Å². The largest absolute Gasteiger partial charge is 0.299 e. The van der Waals surface area contributed by atoms with Gasteiger partial charge in [0.15, 0.2) is 0 Å². The molecule has 1 rings (SSSR count). The molecule has 0 aromatic rings. The number of rotatable bonds is 1. The highest BCUT2D eigenvalue weighted by Crippen LogP contribution is 2.37. The summed E-state index contributed by atoms with van der Waals surface area (Å²) in [4.78, 5) is 11.4. The van der Waals surface area contributed by atoms with Crippen LogP contribution in [0, 0.1) is 11.3 Å². The molecular formula is C11H16O. The van der Waals surface area contributed by atoms with Crippen LogP contribution in [0.5, 0.6) is 0 Å². The van der Waals surface area contributed by atoms with Crippen molar-refractivity contribution in [3.05, 3.63) is 23.8 Å². The van der Waals surface area contributed by atoms with Gasteiger partial charge in [0.05, 0.1) is 0 Å². The fourth-order valence-corrected chi connectivity index (χ4v) is 2.07. The van der Waals surface area contributed by atoms with E-state index >= 15 is 0 Å². The number of hydrogen-bond donors (Lipinski definition) is 0. The maximum absolute atomic E-state index is 11.4. The normalized spacial score (nSPS) is 26.7. The molecule has 66 valence electrons. The monoisotopic (exact) mass is 164 g/mol. The highest BCUT2D eigenvalue weighted by Gasteiger charge is 2.33. The molecule has 0 fully saturated rings. The van der Waals surface area contributed by atoms with Crippen LogP contribution in [0.25, 0.3) is 0 Å². The standard InChI is InChI=1S/C11H16O/c1-8-6-5-7-11(3,4)10(8)9(2)12/h5-7,10H,1-4H3. The number of carbonyl (C=O) groups is 1. The smallest absolute Gasteiger partial charge is 0.137 e. The maximum Gasteiger partial charge on any atom is 0.137 e. The average molecular weight is 164 g/mol. The summed E-state index contributed by atoms with van der Waals surface area (Å²) in [7, 11) is 0. The minimum Gasteiger partial charge on any atom is -0.299 e. The van der Waals surface area contributed by atoms with Crippen LogP contribution in [0.4, 0.5) is 0 Å². The van der Waals surface area contributed by atoms with Crippen LogP contribution < -0.4 is 0 Å². The summed E-state index contributed by atoms with van der Waals surface area (Å²) < 4.78 is 0. The van der Waals surface area contributed by atoms with Crippen LogP contribution >= 0.6 is 0 Å². The van der Waals surface area contributed by atoms with E-state index in [9.17, 15) is 4.79 Å². The average Bonchev–Trinajstić information content (AvgIpc) is 1.82. The van der Waals surface area contributed by atoms with E-state index < -0.39 is 0 Å². The lowest BCUT2D eigenvalue weighted by Crippen LogP contribution is -2.30. The Bertz CT molecular complexity index is 256. The Kier molecular flexibility index (Phi) is 2.22. The van der Waals surface area contributed by atoms with E-state index in [2.05, 4.69) is 19.9 Å². The molecule has 0 saturated carbocycles. The first kappa shape index (κ1) is 9.24. The second-order valence-electron chi connectivity index (χ2n) is 4.13. The van der Waals surface area contributed by atoms with Crippen molar-refractivity contribution in [2.45, 2.75) is 27.7 Å². The summed E-state index contributed by atoms with van der Waals surface area (Å²) in [5.41, 5.74) is 1.17. The maximum atomic E-state index is 11.4. The Morgan fingerprint density at radius 2 is 2.08 bits per heavy atom. The van der Waals surface area contributed by atoms with E-state index in [1.807, 2.05) is 19.1 Å². The predicted octanol–water partition coefficient (Wildman–Crippen LogP) is 2.73. The fourth-order valence-electron chi connectivity index (χ4n) is 2.07. The van der Waals surface area contributed by atoms with E-state index in [-0.39, 0.29) is 17.1 Å². The van der Waals surface area contributed by atoms with Gasteiger partial charge < -0.3 is 0 Å². The summed E-state index contributed by atoms with van der Waals surface area (Å²) in [6.07, 6.45) is 6.16. The molecular weight excluding hydrogens is 148 g/mol. The lowest BCUT2D eigenvalue weighted by atomic mass is 9.70. The van der Waals surface area contributed by atoms with E-state index in [0.717, 1.165) is 0 Å². The van der Waals surface area contributed by atoms with Crippen LogP contribution in [-0.2, 0) is 4.79 Å². The lowest BCUT2D eigenvalue weighted by Gasteiger charge is -2.32. The van der Waals surface area contributed by atoms with E-state index in [1.54, 1.807) is 6.92 Å². The van der Waals surface area contributed by atoms with Crippen molar-refractivity contribution < 1.29 is 4.79 Å². The lowest BCUT2D eigenvalue weighted by molar-refractivity contribution is -0.121. The van der Waals surface area contributed by atoms with Crippen LogP contribution in [0.3, 0.4) is 0 Å². The molecule has 0 radical (unpaired) electrons. The number of allylic oxidation sites excluding steroid dienone is 4. The van der Waals surface area contributed by atoms with Gasteiger partial charge in [-0.1, -0.05) is 37.6 Å². The molecule has 1 heteroatoms. The van der Waals surface area contributed by atoms with Gasteiger partial charge >= 0.3 is 0 Å². The summed E-state index contributed by atoms with van der Waals surface area (Å²) in [6.45, 7) is 7.90. The van der Waals surface area contributed by atoms with Crippen molar-refractivity contribution in [2.24, 2.45) is 11.3 Å². The van der Waals surface area contributed by atoms with Gasteiger partial charge in [-0.25, -0.2) is 0 Å². The molecule has 0 amide bonds. The SMILES string of the molecule is CC(=O)C1C(C)=CC=CC1(C)C. The van der Waals surface area contributed by atoms with Gasteiger partial charge in [-0.3, -0.25) is 4.79 Å². The predicted molar refractivity (Wildman–Crippen MR) is 50.8 cm³/mol. The molecule has 0 spiro atoms. The van der Waals surface area contributed by atoms with Crippen molar-refractivity contribution in [2.75, 3.05) is 0 Å². The molecule has 1 nitrogen and oxygen atoms in total. The number of carbonyl (C=O) groups excluding carboxylic acids is 1. The zero-order valence-electron chi connectivity index (χ0n) is 8.22. The minimum absolute atomic E-state index is 0.00926. The topological polar surface area (TPSA) is 17.1 Å². The van der Waals surface area contributed by atoms with Crippen molar-refractivity contribution in [1.82, 2.24) is 0 Å². The first-order valence-electron chi connectivity index (χ1n) is 4.31. The highest BCUT2D eigenvalue weighted by molar-refractivity contribution is 5.82. The molecule has 1 aliphatic carbocycles. The third-order valence-corrected chi connectivity index (χ3v) is 2.49. The van der Waals surface area contributed by atoms with E-state index in [1.165, 1.54) is 5.57 Å². The quantitative estimate of drug-likeness (QED) is 0.582. The van der Waals surface area contributed by atoms with Gasteiger partial charge in [0.2, 0.25) is 0 Å². The molecule has 1 atom stereocenters. The van der Waals surface area contributed by atoms with Gasteiger partial charge in [0.1, 0.15) is 5.78 Å². The third-order valence-electron chi connectivity index (χ3n) is 2.49. The zero-order chi connectivity index (χ0) is 9.35. The van der Waals surface area contributed by atoms with Crippen LogP contribution in [0.2, 0.25) is 0 Å². The molecule has 1 unspecified atom stereocenters. The van der Waals surface area contributed by atoms with Gasteiger partial charge in [-0.05, 0) is 19.3 Å². The van der Waals surface area contributed by atoms with Crippen molar-refractivity contribution in [3.63, 3.8) is 0 Å². The Balaban J connectivity index is 3.03. The van der Waals surface area contributed by atoms with E-state index in [4.69, 9.17) is 0 Å². The van der Waals surface area contributed by atoms with Crippen LogP contribution in [0.1, 0.15) is 27.7 Å². The molecule has 0 aliphatic heterocycles. The third kappa shape index (κ3) is 1.50. The molecule has 0 N–H and O–H groups in total. The molecule has 0 saturated heterocycles. The summed E-state index contributed by atoms with van der Waals surface area (Å²) in [5.74, 6) is 0.334. The summed E-state index contributed by atoms with van der Waals surface area (Å²) in [5, 5.41) is 0. The molecule has 1 aliphatic rings. The van der Waals surface area contributed by atoms with Gasteiger partial charge in [-0.15, -0.1) is 0 Å². The molecule has 0 bridgehead atoms. The van der Waals surface area contributed by atoms with Crippen molar-refractivity contribution >= 4 is 5.78 Å². The van der Waals surface area contributed by atoms with Gasteiger partial charge in [-0.2, -0.15) is 0 Å². The Morgan fingerprint density at radius 1 is 1.50 bits per heavy atom. The molecule has 0 aromatic carbocycles. The van der Waals surface area contributed by atoms with E-state index in [0.29, 0.717) is 0 Å². The zero-order valence-corrected chi connectivity index (χ0v) is 8.22. The first-order valence-corrected chi connectivity index (χ1v) is 4.31. The van der Waals surface area contributed by atoms with Crippen molar-refractivity contribution in [3.8, 4) is 0 Å². The number of ketones is 1. The summed E-state index contributed by atoms with van der Waals surface area (Å²) in [6, 6.07) is 0. The molecule has 0 aromatic heterocycles. The Morgan fingerprint density at radius 3 is 2.42 bits per heavy atom. The number of hydrogen-bond acceptors (Lipinski definition) is 1. The van der Waals surface area contributed by atoms with Gasteiger partial charge in [0, 0.05) is 5.92 Å². The Labute approximate surface area is 74.2 Å². The fraction of sp³-hybridized carbons (Fsp3) is 0.545. The second-order valence-corrected chi connectivity index (χ2v) is 4.13. The number of Topliss-reactive ketones (excluding diaryl/α,β-unsaturated/α-hetero) is 1. The highest BCUT2D eigenvalue weighted by atomic mass is 16.1. The van der Waals surface area contributed by atoms with Crippen LogP contribution in [-0.4, -0.2) is 5.78 Å². The van der Waals surface area contributed by atoms with Gasteiger partial charge in [0.25, 0.3) is 0 Å². The van der Waals surface area contributed by atoms with Crippen LogP contribution in [0.15, 0.2) is 23.8 Å².